The monoisotopic (exact) mass is 284 g/mol. The first-order valence-electron chi connectivity index (χ1n) is 7.78. The van der Waals surface area contributed by atoms with E-state index >= 15 is 0 Å². The normalized spacial score (nSPS) is 48.7. The van der Waals surface area contributed by atoms with Crippen LogP contribution in [-0.2, 0) is 4.79 Å². The Balaban J connectivity index is 2.39. The molecule has 0 aromatic carbocycles. The van der Waals surface area contributed by atoms with Crippen LogP contribution >= 0.6 is 0 Å². The highest BCUT2D eigenvalue weighted by Gasteiger charge is 2.61. The van der Waals surface area contributed by atoms with E-state index in [1.165, 1.54) is 0 Å². The maximum atomic E-state index is 12.6. The van der Waals surface area contributed by atoms with Crippen molar-refractivity contribution in [1.82, 2.24) is 0 Å². The minimum atomic E-state index is -1.11. The van der Waals surface area contributed by atoms with Crippen LogP contribution in [0.2, 0.25) is 0 Å². The minimum absolute atomic E-state index is 0.0537. The zero-order valence-corrected chi connectivity index (χ0v) is 12.8. The van der Waals surface area contributed by atoms with Gasteiger partial charge in [0.1, 0.15) is 5.78 Å². The Labute approximate surface area is 121 Å². The van der Waals surface area contributed by atoms with Gasteiger partial charge in [-0.25, -0.2) is 0 Å². The van der Waals surface area contributed by atoms with E-state index in [9.17, 15) is 15.0 Å². The number of aliphatic hydroxyl groups excluding tert-OH is 2. The Morgan fingerprint density at radius 2 is 1.95 bits per heavy atom. The molecule has 0 aromatic heterocycles. The highest BCUT2D eigenvalue weighted by molar-refractivity contribution is 5.86. The maximum Gasteiger partial charge on any atom is 0.144 e. The SMILES string of the molecule is C[C@@H]1C[C@@H]2CC[C@@](C)(O)[C@](C)(C(=O)CCO)[C@H]2[C@@H](O)C1. The topological polar surface area (TPSA) is 77.8 Å². The molecule has 2 aliphatic carbocycles. The Morgan fingerprint density at radius 1 is 1.30 bits per heavy atom. The van der Waals surface area contributed by atoms with Gasteiger partial charge in [0, 0.05) is 18.9 Å². The molecule has 6 atom stereocenters. The molecule has 0 amide bonds. The van der Waals surface area contributed by atoms with Gasteiger partial charge in [0.15, 0.2) is 0 Å². The molecular weight excluding hydrogens is 256 g/mol. The average Bonchev–Trinajstić information content (AvgIpc) is 2.33. The summed E-state index contributed by atoms with van der Waals surface area (Å²) in [6, 6.07) is 0. The van der Waals surface area contributed by atoms with Gasteiger partial charge in [0.05, 0.1) is 17.1 Å². The lowest BCUT2D eigenvalue weighted by atomic mass is 9.49. The summed E-state index contributed by atoms with van der Waals surface area (Å²) >= 11 is 0. The van der Waals surface area contributed by atoms with Crippen molar-refractivity contribution in [3.05, 3.63) is 0 Å². The van der Waals surface area contributed by atoms with Crippen LogP contribution in [0.5, 0.6) is 0 Å². The van der Waals surface area contributed by atoms with Crippen molar-refractivity contribution in [2.24, 2.45) is 23.2 Å². The number of ketones is 1. The minimum Gasteiger partial charge on any atom is -0.396 e. The van der Waals surface area contributed by atoms with E-state index in [4.69, 9.17) is 5.11 Å². The summed E-state index contributed by atoms with van der Waals surface area (Å²) in [6.45, 7) is 5.44. The Bertz CT molecular complexity index is 379. The molecule has 4 heteroatoms. The van der Waals surface area contributed by atoms with E-state index in [0.717, 1.165) is 12.8 Å². The first kappa shape index (κ1) is 15.9. The Morgan fingerprint density at radius 3 is 2.55 bits per heavy atom. The molecule has 4 nitrogen and oxygen atoms in total. The van der Waals surface area contributed by atoms with Crippen LogP contribution in [-0.4, -0.2) is 39.4 Å². The number of carbonyl (C=O) groups is 1. The second kappa shape index (κ2) is 5.39. The van der Waals surface area contributed by atoms with Gasteiger partial charge in [0.25, 0.3) is 0 Å². The summed E-state index contributed by atoms with van der Waals surface area (Å²) in [6.07, 6.45) is 2.67. The summed E-state index contributed by atoms with van der Waals surface area (Å²) in [5.41, 5.74) is -2.07. The van der Waals surface area contributed by atoms with Crippen molar-refractivity contribution in [3.8, 4) is 0 Å². The lowest BCUT2D eigenvalue weighted by Crippen LogP contribution is -2.63. The second-order valence-electron chi connectivity index (χ2n) is 7.34. The first-order chi connectivity index (χ1) is 9.24. The number of carbonyl (C=O) groups excluding carboxylic acids is 1. The van der Waals surface area contributed by atoms with Crippen LogP contribution in [0, 0.1) is 23.2 Å². The van der Waals surface area contributed by atoms with E-state index in [0.29, 0.717) is 24.7 Å². The molecule has 3 N–H and O–H groups in total. The van der Waals surface area contributed by atoms with Crippen molar-refractivity contribution in [3.63, 3.8) is 0 Å². The second-order valence-corrected chi connectivity index (χ2v) is 7.34. The summed E-state index contributed by atoms with van der Waals surface area (Å²) in [5, 5.41) is 30.4. The summed E-state index contributed by atoms with van der Waals surface area (Å²) in [4.78, 5) is 12.6. The predicted octanol–water partition coefficient (Wildman–Crippen LogP) is 1.51. The zero-order chi connectivity index (χ0) is 15.1. The summed E-state index contributed by atoms with van der Waals surface area (Å²) < 4.78 is 0. The molecule has 2 aliphatic rings. The predicted molar refractivity (Wildman–Crippen MR) is 76.1 cm³/mol. The van der Waals surface area contributed by atoms with Gasteiger partial charge in [-0.3, -0.25) is 4.79 Å². The van der Waals surface area contributed by atoms with Gasteiger partial charge in [-0.05, 0) is 51.4 Å². The maximum absolute atomic E-state index is 12.6. The molecule has 0 unspecified atom stereocenters. The molecule has 20 heavy (non-hydrogen) atoms. The fraction of sp³-hybridized carbons (Fsp3) is 0.938. The highest BCUT2D eigenvalue weighted by Crippen LogP contribution is 2.56. The third-order valence-corrected chi connectivity index (χ3v) is 5.98. The van der Waals surface area contributed by atoms with E-state index in [-0.39, 0.29) is 24.7 Å². The van der Waals surface area contributed by atoms with Crippen molar-refractivity contribution >= 4 is 5.78 Å². The third kappa shape index (κ3) is 2.32. The molecule has 0 spiro atoms. The van der Waals surface area contributed by atoms with Crippen molar-refractivity contribution in [2.45, 2.75) is 64.6 Å². The molecule has 2 fully saturated rings. The quantitative estimate of drug-likeness (QED) is 0.734. The lowest BCUT2D eigenvalue weighted by molar-refractivity contribution is -0.194. The van der Waals surface area contributed by atoms with E-state index in [1.807, 2.05) is 0 Å². The molecule has 0 bridgehead atoms. The molecule has 0 heterocycles. The van der Waals surface area contributed by atoms with Gasteiger partial charge < -0.3 is 15.3 Å². The fourth-order valence-corrected chi connectivity index (χ4v) is 4.72. The first-order valence-corrected chi connectivity index (χ1v) is 7.78. The van der Waals surface area contributed by atoms with Gasteiger partial charge in [-0.1, -0.05) is 6.92 Å². The van der Waals surface area contributed by atoms with Crippen LogP contribution in [0.15, 0.2) is 0 Å². The molecule has 116 valence electrons. The van der Waals surface area contributed by atoms with Crippen LogP contribution in [0.25, 0.3) is 0 Å². The smallest absolute Gasteiger partial charge is 0.144 e. The fourth-order valence-electron chi connectivity index (χ4n) is 4.72. The standard InChI is InChI=1S/C16H28O4/c1-10-8-11-4-6-15(2,20)16(3,13(19)5-7-17)14(11)12(18)9-10/h10-12,14,17-18,20H,4-9H2,1-3H3/t10-,11+,12+,14-,15-,16-/m1/s1. The third-order valence-electron chi connectivity index (χ3n) is 5.98. The van der Waals surface area contributed by atoms with Crippen LogP contribution in [0.3, 0.4) is 0 Å². The van der Waals surface area contributed by atoms with Crippen molar-refractivity contribution < 1.29 is 20.1 Å². The van der Waals surface area contributed by atoms with Crippen molar-refractivity contribution in [1.29, 1.82) is 0 Å². The van der Waals surface area contributed by atoms with E-state index in [2.05, 4.69) is 6.92 Å². The lowest BCUT2D eigenvalue weighted by Gasteiger charge is -2.57. The number of rotatable bonds is 3. The molecule has 0 saturated heterocycles. The summed E-state index contributed by atoms with van der Waals surface area (Å²) in [7, 11) is 0. The largest absolute Gasteiger partial charge is 0.396 e. The average molecular weight is 284 g/mol. The van der Waals surface area contributed by atoms with Gasteiger partial charge in [-0.2, -0.15) is 0 Å². The van der Waals surface area contributed by atoms with Gasteiger partial charge in [0.2, 0.25) is 0 Å². The van der Waals surface area contributed by atoms with Gasteiger partial charge in [-0.15, -0.1) is 0 Å². The molecule has 2 rings (SSSR count). The number of fused-ring (bicyclic) bond motifs is 1. The molecule has 2 saturated carbocycles. The zero-order valence-electron chi connectivity index (χ0n) is 12.8. The van der Waals surface area contributed by atoms with Crippen LogP contribution in [0.1, 0.15) is 52.9 Å². The highest BCUT2D eigenvalue weighted by atomic mass is 16.3. The number of Topliss-reactive ketones (excluding diaryl/α,β-unsaturated/α-hetero) is 1. The molecule has 0 radical (unpaired) electrons. The Hall–Kier alpha value is -0.450. The number of hydrogen-bond acceptors (Lipinski definition) is 4. The van der Waals surface area contributed by atoms with Crippen LogP contribution < -0.4 is 0 Å². The molecule has 0 aliphatic heterocycles. The summed E-state index contributed by atoms with van der Waals surface area (Å²) in [5.74, 6) is 0.447. The number of aliphatic hydroxyl groups is 3. The van der Waals surface area contributed by atoms with E-state index in [1.54, 1.807) is 13.8 Å². The number of hydrogen-bond donors (Lipinski definition) is 3. The van der Waals surface area contributed by atoms with Crippen molar-refractivity contribution in [2.75, 3.05) is 6.61 Å². The van der Waals surface area contributed by atoms with Crippen LogP contribution in [0.4, 0.5) is 0 Å². The van der Waals surface area contributed by atoms with E-state index < -0.39 is 17.1 Å². The Kier molecular flexibility index (Phi) is 4.30. The molecule has 0 aromatic rings. The van der Waals surface area contributed by atoms with Gasteiger partial charge >= 0.3 is 0 Å². The molecular formula is C16H28O4.